The third-order valence-electron chi connectivity index (χ3n) is 10.6. The third kappa shape index (κ3) is 10.8. The van der Waals surface area contributed by atoms with Crippen molar-refractivity contribution in [3.05, 3.63) is 70.1 Å². The van der Waals surface area contributed by atoms with Crippen LogP contribution >= 0.6 is 0 Å². The minimum Gasteiger partial charge on any atom is -0.395 e. The smallest absolute Gasteiger partial charge is 0.0887 e. The number of hydrogen-bond acceptors (Lipinski definition) is 5. The van der Waals surface area contributed by atoms with Gasteiger partial charge in [-0.15, -0.1) is 0 Å². The number of aliphatic hydroxyl groups is 1. The highest BCUT2D eigenvalue weighted by Gasteiger charge is 2.27. The number of piperidine rings is 1. The van der Waals surface area contributed by atoms with Crippen LogP contribution in [0.4, 0.5) is 0 Å². The minimum absolute atomic E-state index is 0.255. The fourth-order valence-corrected chi connectivity index (χ4v) is 6.59. The van der Waals surface area contributed by atoms with Crippen molar-refractivity contribution in [1.82, 2.24) is 9.80 Å². The van der Waals surface area contributed by atoms with Crippen LogP contribution in [-0.2, 0) is 0 Å². The molecule has 3 fully saturated rings. The largest absolute Gasteiger partial charge is 0.395 e. The molecule has 1 saturated heterocycles. The Bertz CT molecular complexity index is 1210. The zero-order valence-electron chi connectivity index (χ0n) is 30.1. The predicted molar refractivity (Wildman–Crippen MR) is 196 cm³/mol. The van der Waals surface area contributed by atoms with Gasteiger partial charge in [0.25, 0.3) is 0 Å². The number of aliphatic imine (C=N–C) groups is 2. The molecular weight excluding hydrogens is 552 g/mol. The molecule has 2 aliphatic carbocycles. The third-order valence-corrected chi connectivity index (χ3v) is 10.6. The summed E-state index contributed by atoms with van der Waals surface area (Å²) in [7, 11) is 1.87. The number of nitrogens with zero attached hydrogens (tertiary/aromatic N) is 4. The van der Waals surface area contributed by atoms with Crippen molar-refractivity contribution in [2.75, 3.05) is 39.8 Å². The number of likely N-dealkylation sites (tertiary alicyclic amines) is 1. The summed E-state index contributed by atoms with van der Waals surface area (Å²) in [6.45, 7) is 23.8. The first kappa shape index (κ1) is 37.0. The molecule has 1 N–H and O–H groups in total. The normalized spacial score (nSPS) is 20.8. The number of rotatable bonds is 16. The first-order valence-electron chi connectivity index (χ1n) is 17.9. The van der Waals surface area contributed by atoms with Gasteiger partial charge in [0.05, 0.1) is 18.0 Å². The molecule has 0 radical (unpaired) electrons. The lowest BCUT2D eigenvalue weighted by Gasteiger charge is -2.40. The van der Waals surface area contributed by atoms with Crippen molar-refractivity contribution >= 4 is 11.4 Å². The van der Waals surface area contributed by atoms with E-state index in [0.717, 1.165) is 79.6 Å². The first-order chi connectivity index (χ1) is 21.6. The molecule has 1 heterocycles. The quantitative estimate of drug-likeness (QED) is 0.139. The Morgan fingerprint density at radius 3 is 2.18 bits per heavy atom. The molecule has 0 bridgehead atoms. The lowest BCUT2D eigenvalue weighted by Crippen LogP contribution is -2.46. The van der Waals surface area contributed by atoms with E-state index < -0.39 is 0 Å². The van der Waals surface area contributed by atoms with Gasteiger partial charge in [-0.25, -0.2) is 0 Å². The summed E-state index contributed by atoms with van der Waals surface area (Å²) < 4.78 is 0. The van der Waals surface area contributed by atoms with Crippen molar-refractivity contribution in [2.45, 2.75) is 119 Å². The Balaban J connectivity index is 1.86. The zero-order valence-corrected chi connectivity index (χ0v) is 30.1. The maximum atomic E-state index is 9.77. The van der Waals surface area contributed by atoms with Crippen LogP contribution in [0, 0.1) is 11.8 Å². The predicted octanol–water partition coefficient (Wildman–Crippen LogP) is 9.25. The average molecular weight is 617 g/mol. The van der Waals surface area contributed by atoms with E-state index in [0.29, 0.717) is 12.0 Å². The molecule has 1 atom stereocenters. The molecular formula is C40H64N4O. The fraction of sp³-hybridized carbons (Fsp3) is 0.650. The highest BCUT2D eigenvalue weighted by molar-refractivity contribution is 6.12. The van der Waals surface area contributed by atoms with Crippen LogP contribution in [0.25, 0.3) is 0 Å². The Labute approximate surface area is 276 Å². The van der Waals surface area contributed by atoms with Crippen LogP contribution in [0.5, 0.6) is 0 Å². The van der Waals surface area contributed by atoms with Crippen molar-refractivity contribution in [2.24, 2.45) is 21.8 Å². The second-order valence-corrected chi connectivity index (χ2v) is 13.8. The molecule has 45 heavy (non-hydrogen) atoms. The van der Waals surface area contributed by atoms with Gasteiger partial charge in [-0.3, -0.25) is 14.9 Å². The topological polar surface area (TPSA) is 51.4 Å². The van der Waals surface area contributed by atoms with Crippen LogP contribution in [0.3, 0.4) is 0 Å². The Kier molecular flexibility index (Phi) is 15.3. The maximum absolute atomic E-state index is 9.77. The molecule has 0 aromatic carbocycles. The highest BCUT2D eigenvalue weighted by Crippen LogP contribution is 2.32. The van der Waals surface area contributed by atoms with E-state index in [1.165, 1.54) is 67.4 Å². The van der Waals surface area contributed by atoms with E-state index in [1.807, 2.05) is 14.0 Å². The molecule has 1 aliphatic heterocycles. The van der Waals surface area contributed by atoms with E-state index in [1.54, 1.807) is 0 Å². The van der Waals surface area contributed by atoms with Gasteiger partial charge in [-0.05, 0) is 133 Å². The summed E-state index contributed by atoms with van der Waals surface area (Å²) in [5.41, 5.74) is 10.5. The molecule has 3 aliphatic rings. The van der Waals surface area contributed by atoms with Crippen molar-refractivity contribution in [1.29, 1.82) is 0 Å². The van der Waals surface area contributed by atoms with Gasteiger partial charge < -0.3 is 10.0 Å². The van der Waals surface area contributed by atoms with E-state index in [2.05, 4.69) is 82.2 Å². The van der Waals surface area contributed by atoms with Crippen LogP contribution in [0.15, 0.2) is 80.1 Å². The molecule has 5 heteroatoms. The van der Waals surface area contributed by atoms with Gasteiger partial charge in [-0.1, -0.05) is 56.9 Å². The van der Waals surface area contributed by atoms with Crippen molar-refractivity contribution < 1.29 is 5.11 Å². The summed E-state index contributed by atoms with van der Waals surface area (Å²) in [6, 6.07) is 0.567. The summed E-state index contributed by atoms with van der Waals surface area (Å²) in [5.74, 6) is 1.23. The Morgan fingerprint density at radius 1 is 1.00 bits per heavy atom. The molecule has 2 saturated carbocycles. The Hall–Kier alpha value is -2.50. The van der Waals surface area contributed by atoms with Crippen LogP contribution in [0.1, 0.15) is 113 Å². The van der Waals surface area contributed by atoms with E-state index in [4.69, 9.17) is 9.98 Å². The van der Waals surface area contributed by atoms with Gasteiger partial charge in [0.2, 0.25) is 0 Å². The molecule has 0 spiro atoms. The molecule has 1 unspecified atom stereocenters. The molecule has 0 aromatic heterocycles. The summed E-state index contributed by atoms with van der Waals surface area (Å²) in [5, 5.41) is 9.77. The van der Waals surface area contributed by atoms with Crippen LogP contribution in [0.2, 0.25) is 0 Å². The van der Waals surface area contributed by atoms with Crippen LogP contribution in [-0.4, -0.2) is 72.2 Å². The minimum atomic E-state index is 0.255. The molecule has 0 aromatic rings. The molecule has 250 valence electrons. The van der Waals surface area contributed by atoms with Gasteiger partial charge in [0.15, 0.2) is 0 Å². The number of aliphatic hydroxyl groups excluding tert-OH is 1. The number of allylic oxidation sites excluding steroid dienone is 9. The second-order valence-electron chi connectivity index (χ2n) is 13.8. The van der Waals surface area contributed by atoms with Gasteiger partial charge in [0, 0.05) is 44.1 Å². The average Bonchev–Trinajstić information content (AvgIpc) is 2.98. The lowest BCUT2D eigenvalue weighted by molar-refractivity contribution is 0.0921. The first-order valence-corrected chi connectivity index (χ1v) is 17.9. The van der Waals surface area contributed by atoms with Crippen LogP contribution < -0.4 is 0 Å². The van der Waals surface area contributed by atoms with Gasteiger partial charge >= 0.3 is 0 Å². The van der Waals surface area contributed by atoms with E-state index in [9.17, 15) is 5.11 Å². The van der Waals surface area contributed by atoms with Crippen molar-refractivity contribution in [3.63, 3.8) is 0 Å². The van der Waals surface area contributed by atoms with Gasteiger partial charge in [-0.2, -0.15) is 0 Å². The summed E-state index contributed by atoms with van der Waals surface area (Å²) in [6.07, 6.45) is 21.5. The maximum Gasteiger partial charge on any atom is 0.0887 e. The van der Waals surface area contributed by atoms with E-state index in [-0.39, 0.29) is 6.61 Å². The fourth-order valence-electron chi connectivity index (χ4n) is 6.59. The SMILES string of the molecule is C=C(C)/C(C)=C/C(=NC)C(=C/C(C)=C1CCC1)/N=C(\C(C)=C/C(=C\C)N1CCC(N(CCO)CCC2CCC2)CC1)C(C)CC. The van der Waals surface area contributed by atoms with Gasteiger partial charge in [0.1, 0.15) is 0 Å². The summed E-state index contributed by atoms with van der Waals surface area (Å²) in [4.78, 5) is 15.3. The summed E-state index contributed by atoms with van der Waals surface area (Å²) >= 11 is 0. The second kappa shape index (κ2) is 18.6. The molecule has 5 nitrogen and oxygen atoms in total. The monoisotopic (exact) mass is 617 g/mol. The molecule has 0 amide bonds. The van der Waals surface area contributed by atoms with Crippen molar-refractivity contribution in [3.8, 4) is 0 Å². The highest BCUT2D eigenvalue weighted by atomic mass is 16.3. The zero-order chi connectivity index (χ0) is 32.9. The lowest BCUT2D eigenvalue weighted by atomic mass is 9.83. The van der Waals surface area contributed by atoms with E-state index >= 15 is 0 Å². The Morgan fingerprint density at radius 2 is 1.69 bits per heavy atom. The standard InChI is InChI=1S/C40H64N4O/c1-10-30(5)40(42-39(28-32(7)35-16-13-17-35)38(41-9)27-31(6)29(3)4)33(8)26-36(11-2)43-22-19-37(20-23-43)44(24-25-45)21-18-34-14-12-15-34/h11,26-28,30,34,37,45H,3,10,12-25H2,1-2,4-9H3/b31-27+,33-26-,36-11+,39-28-,41-38?,42-40-. The number of hydrogen-bond donors (Lipinski definition) is 1. The molecule has 3 rings (SSSR count).